The van der Waals surface area contributed by atoms with Crippen LogP contribution < -0.4 is 5.32 Å². The lowest BCUT2D eigenvalue weighted by molar-refractivity contribution is -0.123. The monoisotopic (exact) mass is 364 g/mol. The standard InChI is InChI=1S/C22H28N4O/c27-21(24-11-16-26-15-10-23-18-26)20-17-22(20)8-13-25(14-9-22)12-4-7-19-5-2-1-3-6-19/h1-7,10,15,18,20H,8-9,11-14,16-17H2,(H,24,27)/b7-4+. The summed E-state index contributed by atoms with van der Waals surface area (Å²) in [4.78, 5) is 19.0. The van der Waals surface area contributed by atoms with Crippen molar-refractivity contribution in [2.45, 2.75) is 25.8 Å². The van der Waals surface area contributed by atoms with Gasteiger partial charge in [0.2, 0.25) is 5.91 Å². The van der Waals surface area contributed by atoms with Crippen LogP contribution in [0.1, 0.15) is 24.8 Å². The Labute approximate surface area is 161 Å². The maximum atomic E-state index is 12.5. The van der Waals surface area contributed by atoms with Crippen LogP contribution >= 0.6 is 0 Å². The molecule has 2 aromatic rings. The van der Waals surface area contributed by atoms with Crippen molar-refractivity contribution in [3.05, 3.63) is 60.7 Å². The average Bonchev–Trinajstić information content (AvgIpc) is 3.14. The van der Waals surface area contributed by atoms with Gasteiger partial charge in [0.15, 0.2) is 0 Å². The van der Waals surface area contributed by atoms with E-state index in [1.165, 1.54) is 5.56 Å². The molecule has 1 spiro atoms. The van der Waals surface area contributed by atoms with Gasteiger partial charge in [0.1, 0.15) is 0 Å². The minimum atomic E-state index is 0.224. The molecule has 142 valence electrons. The second-order valence-electron chi connectivity index (χ2n) is 7.82. The molecule has 0 bridgehead atoms. The number of aromatic nitrogens is 2. The Balaban J connectivity index is 1.17. The summed E-state index contributed by atoms with van der Waals surface area (Å²) in [6.07, 6.45) is 13.3. The zero-order chi connectivity index (χ0) is 18.5. The number of rotatable bonds is 7. The molecule has 1 aromatic carbocycles. The van der Waals surface area contributed by atoms with Crippen molar-refractivity contribution in [3.63, 3.8) is 0 Å². The first-order valence-corrected chi connectivity index (χ1v) is 9.93. The fourth-order valence-electron chi connectivity index (χ4n) is 4.20. The van der Waals surface area contributed by atoms with E-state index in [1.54, 1.807) is 12.5 Å². The maximum absolute atomic E-state index is 12.5. The van der Waals surface area contributed by atoms with Gasteiger partial charge in [-0.25, -0.2) is 4.98 Å². The lowest BCUT2D eigenvalue weighted by Crippen LogP contribution is -2.37. The number of piperidine rings is 1. The number of nitrogens with one attached hydrogen (secondary N) is 1. The summed E-state index contributed by atoms with van der Waals surface area (Å²) in [5.74, 6) is 0.467. The van der Waals surface area contributed by atoms with Crippen molar-refractivity contribution < 1.29 is 4.79 Å². The fraction of sp³-hybridized carbons (Fsp3) is 0.455. The van der Waals surface area contributed by atoms with Crippen LogP contribution in [0.5, 0.6) is 0 Å². The van der Waals surface area contributed by atoms with Crippen molar-refractivity contribution >= 4 is 12.0 Å². The molecule has 2 aliphatic rings. The molecule has 1 aliphatic heterocycles. The van der Waals surface area contributed by atoms with Crippen LogP contribution in [0.3, 0.4) is 0 Å². The number of amides is 1. The molecule has 1 N–H and O–H groups in total. The van der Waals surface area contributed by atoms with Crippen LogP contribution in [0.15, 0.2) is 55.1 Å². The summed E-state index contributed by atoms with van der Waals surface area (Å²) in [6.45, 7) is 4.65. The van der Waals surface area contributed by atoms with Gasteiger partial charge in [-0.2, -0.15) is 0 Å². The topological polar surface area (TPSA) is 50.2 Å². The number of nitrogens with zero attached hydrogens (tertiary/aromatic N) is 3. The van der Waals surface area contributed by atoms with Gasteiger partial charge in [0.05, 0.1) is 6.33 Å². The third kappa shape index (κ3) is 4.48. The Morgan fingerprint density at radius 3 is 2.81 bits per heavy atom. The van der Waals surface area contributed by atoms with E-state index in [4.69, 9.17) is 0 Å². The molecule has 1 saturated carbocycles. The first-order valence-electron chi connectivity index (χ1n) is 9.93. The summed E-state index contributed by atoms with van der Waals surface area (Å²) >= 11 is 0. The molecule has 4 rings (SSSR count). The van der Waals surface area contributed by atoms with Gasteiger partial charge in [-0.3, -0.25) is 9.69 Å². The molecule has 5 heteroatoms. The second kappa shape index (κ2) is 8.09. The highest BCUT2D eigenvalue weighted by Crippen LogP contribution is 2.59. The van der Waals surface area contributed by atoms with Crippen LogP contribution in [0.2, 0.25) is 0 Å². The predicted octanol–water partition coefficient (Wildman–Crippen LogP) is 2.81. The Kier molecular flexibility index (Phi) is 5.39. The van der Waals surface area contributed by atoms with E-state index in [0.29, 0.717) is 6.54 Å². The lowest BCUT2D eigenvalue weighted by atomic mass is 9.90. The molecular formula is C22H28N4O. The van der Waals surface area contributed by atoms with Crippen molar-refractivity contribution in [2.24, 2.45) is 11.3 Å². The molecule has 0 radical (unpaired) electrons. The highest BCUT2D eigenvalue weighted by atomic mass is 16.2. The van der Waals surface area contributed by atoms with E-state index in [0.717, 1.165) is 45.4 Å². The SMILES string of the molecule is O=C(NCCn1ccnc1)C1CC12CCN(C/C=C/c1ccccc1)CC2. The molecule has 2 fully saturated rings. The number of imidazole rings is 1. The van der Waals surface area contributed by atoms with E-state index in [1.807, 2.05) is 16.8 Å². The van der Waals surface area contributed by atoms with Crippen LogP contribution in [-0.2, 0) is 11.3 Å². The number of hydrogen-bond donors (Lipinski definition) is 1. The van der Waals surface area contributed by atoms with Crippen molar-refractivity contribution in [1.82, 2.24) is 19.8 Å². The summed E-state index contributed by atoms with van der Waals surface area (Å²) in [6, 6.07) is 10.4. The number of carbonyl (C=O) groups is 1. The Hall–Kier alpha value is -2.40. The summed E-state index contributed by atoms with van der Waals surface area (Å²) < 4.78 is 1.99. The number of carbonyl (C=O) groups excluding carboxylic acids is 1. The number of benzene rings is 1. The molecule has 1 aromatic heterocycles. The van der Waals surface area contributed by atoms with Gasteiger partial charge < -0.3 is 9.88 Å². The van der Waals surface area contributed by atoms with Crippen LogP contribution in [0.4, 0.5) is 0 Å². The molecule has 1 amide bonds. The van der Waals surface area contributed by atoms with E-state index < -0.39 is 0 Å². The van der Waals surface area contributed by atoms with Crippen molar-refractivity contribution in [2.75, 3.05) is 26.2 Å². The van der Waals surface area contributed by atoms with Crippen LogP contribution in [-0.4, -0.2) is 46.5 Å². The van der Waals surface area contributed by atoms with E-state index >= 15 is 0 Å². The van der Waals surface area contributed by atoms with E-state index in [9.17, 15) is 4.79 Å². The molecule has 27 heavy (non-hydrogen) atoms. The smallest absolute Gasteiger partial charge is 0.223 e. The van der Waals surface area contributed by atoms with Gasteiger partial charge >= 0.3 is 0 Å². The highest BCUT2D eigenvalue weighted by molar-refractivity contribution is 5.82. The molecule has 5 nitrogen and oxygen atoms in total. The first kappa shape index (κ1) is 18.0. The summed E-state index contributed by atoms with van der Waals surface area (Å²) in [5, 5.41) is 3.11. The Bertz CT molecular complexity index is 761. The van der Waals surface area contributed by atoms with Gasteiger partial charge in [-0.15, -0.1) is 0 Å². The summed E-state index contributed by atoms with van der Waals surface area (Å²) in [7, 11) is 0. The molecule has 1 saturated heterocycles. The zero-order valence-electron chi connectivity index (χ0n) is 15.8. The van der Waals surface area contributed by atoms with Crippen molar-refractivity contribution in [3.8, 4) is 0 Å². The van der Waals surface area contributed by atoms with Gasteiger partial charge in [-0.05, 0) is 43.3 Å². The fourth-order valence-corrected chi connectivity index (χ4v) is 4.20. The quantitative estimate of drug-likeness (QED) is 0.822. The largest absolute Gasteiger partial charge is 0.354 e. The van der Waals surface area contributed by atoms with E-state index in [-0.39, 0.29) is 17.2 Å². The highest BCUT2D eigenvalue weighted by Gasteiger charge is 2.58. The Morgan fingerprint density at radius 1 is 1.26 bits per heavy atom. The van der Waals surface area contributed by atoms with Crippen molar-refractivity contribution in [1.29, 1.82) is 0 Å². The second-order valence-corrected chi connectivity index (χ2v) is 7.82. The van der Waals surface area contributed by atoms with Gasteiger partial charge in [-0.1, -0.05) is 42.5 Å². The molecular weight excluding hydrogens is 336 g/mol. The maximum Gasteiger partial charge on any atom is 0.223 e. The van der Waals surface area contributed by atoms with Gasteiger partial charge in [0.25, 0.3) is 0 Å². The van der Waals surface area contributed by atoms with Crippen LogP contribution in [0.25, 0.3) is 6.08 Å². The average molecular weight is 364 g/mol. The van der Waals surface area contributed by atoms with Crippen LogP contribution in [0, 0.1) is 11.3 Å². The molecule has 1 atom stereocenters. The minimum Gasteiger partial charge on any atom is -0.354 e. The third-order valence-corrected chi connectivity index (χ3v) is 6.06. The number of likely N-dealkylation sites (tertiary alicyclic amines) is 1. The Morgan fingerprint density at radius 2 is 2.07 bits per heavy atom. The number of hydrogen-bond acceptors (Lipinski definition) is 3. The normalized spacial score (nSPS) is 21.6. The van der Waals surface area contributed by atoms with Gasteiger partial charge in [0, 0.05) is 37.9 Å². The molecule has 1 aliphatic carbocycles. The van der Waals surface area contributed by atoms with E-state index in [2.05, 4.69) is 51.6 Å². The third-order valence-electron chi connectivity index (χ3n) is 6.06. The summed E-state index contributed by atoms with van der Waals surface area (Å²) in [5.41, 5.74) is 1.53. The first-order chi connectivity index (χ1) is 13.3. The molecule has 2 heterocycles. The minimum absolute atomic E-state index is 0.224. The lowest BCUT2D eigenvalue weighted by Gasteiger charge is -2.32. The molecule has 1 unspecified atom stereocenters. The zero-order valence-corrected chi connectivity index (χ0v) is 15.8. The predicted molar refractivity (Wildman–Crippen MR) is 107 cm³/mol.